The molecule has 2 aliphatic carbocycles. The number of carboxylic acid groups (broad SMARTS) is 1. The predicted octanol–water partition coefficient (Wildman–Crippen LogP) is 2.40. The van der Waals surface area contributed by atoms with Gasteiger partial charge >= 0.3 is 5.97 Å². The molecule has 1 aromatic carbocycles. The average molecular weight is 400 g/mol. The minimum absolute atomic E-state index is 0.0297. The van der Waals surface area contributed by atoms with Crippen LogP contribution < -0.4 is 4.74 Å². The third-order valence-electron chi connectivity index (χ3n) is 5.92. The maximum atomic E-state index is 10.8. The van der Waals surface area contributed by atoms with E-state index in [1.54, 1.807) is 7.11 Å². The molecule has 29 heavy (non-hydrogen) atoms. The van der Waals surface area contributed by atoms with Crippen LogP contribution in [0.15, 0.2) is 42.0 Å². The van der Waals surface area contributed by atoms with Crippen molar-refractivity contribution in [3.05, 3.63) is 42.0 Å². The van der Waals surface area contributed by atoms with Crippen LogP contribution in [0.4, 0.5) is 0 Å². The van der Waals surface area contributed by atoms with E-state index in [1.165, 1.54) is 0 Å². The average Bonchev–Trinajstić information content (AvgIpc) is 2.70. The summed E-state index contributed by atoms with van der Waals surface area (Å²) in [6.07, 6.45) is 2.96. The second kappa shape index (κ2) is 9.45. The van der Waals surface area contributed by atoms with Crippen LogP contribution in [0.2, 0.25) is 0 Å². The maximum absolute atomic E-state index is 10.8. The van der Waals surface area contributed by atoms with E-state index in [0.29, 0.717) is 25.0 Å². The predicted molar refractivity (Wildman–Crippen MR) is 107 cm³/mol. The van der Waals surface area contributed by atoms with E-state index in [1.807, 2.05) is 36.4 Å². The van der Waals surface area contributed by atoms with Gasteiger partial charge in [0, 0.05) is 19.4 Å². The SMILES string of the molecule is CO[C@@]12CC[C@H](O)[C@@H](C#C[C@@H](O)COc3ccccc3)[C@@H]1C/C2=C/CCC(=O)O. The molecule has 0 saturated heterocycles. The molecule has 0 spiro atoms. The van der Waals surface area contributed by atoms with Crippen molar-refractivity contribution in [3.8, 4) is 17.6 Å². The van der Waals surface area contributed by atoms with Crippen LogP contribution in [0.5, 0.6) is 5.75 Å². The Kier molecular flexibility index (Phi) is 6.96. The Labute approximate surface area is 171 Å². The largest absolute Gasteiger partial charge is 0.490 e. The Hall–Kier alpha value is -2.33. The monoisotopic (exact) mass is 400 g/mol. The first-order valence-electron chi connectivity index (χ1n) is 9.98. The van der Waals surface area contributed by atoms with Crippen molar-refractivity contribution in [2.75, 3.05) is 13.7 Å². The smallest absolute Gasteiger partial charge is 0.303 e. The zero-order chi connectivity index (χ0) is 20.9. The first kappa shape index (κ1) is 21.4. The zero-order valence-electron chi connectivity index (χ0n) is 16.6. The standard InChI is InChI=1S/C23H28O6/c1-28-23-13-12-21(25)19(20(23)14-16(23)6-5-9-22(26)27)11-10-17(24)15-29-18-7-3-2-4-8-18/h2-4,6-8,17,19-21,24-25H,5,9,12-15H2,1H3,(H,26,27)/b16-6-/t17-,19+,20+,21+,23-/m1/s1. The van der Waals surface area contributed by atoms with Crippen LogP contribution in [0.25, 0.3) is 0 Å². The lowest BCUT2D eigenvalue weighted by atomic mass is 9.53. The molecule has 0 aliphatic heterocycles. The Balaban J connectivity index is 1.64. The quantitative estimate of drug-likeness (QED) is 0.480. The second-order valence-electron chi connectivity index (χ2n) is 7.63. The summed E-state index contributed by atoms with van der Waals surface area (Å²) in [7, 11) is 1.65. The van der Waals surface area contributed by atoms with E-state index < -0.39 is 23.8 Å². The summed E-state index contributed by atoms with van der Waals surface area (Å²) in [5.41, 5.74) is 0.612. The summed E-state index contributed by atoms with van der Waals surface area (Å²) in [5, 5.41) is 29.5. The number of carbonyl (C=O) groups is 1. The van der Waals surface area contributed by atoms with Gasteiger partial charge in [-0.2, -0.15) is 0 Å². The molecule has 0 radical (unpaired) electrons. The van der Waals surface area contributed by atoms with E-state index in [0.717, 1.165) is 12.0 Å². The molecule has 0 aromatic heterocycles. The fourth-order valence-electron chi connectivity index (χ4n) is 4.39. The van der Waals surface area contributed by atoms with Gasteiger partial charge in [-0.25, -0.2) is 0 Å². The van der Waals surface area contributed by atoms with Crippen LogP contribution in [-0.2, 0) is 9.53 Å². The van der Waals surface area contributed by atoms with E-state index in [9.17, 15) is 15.0 Å². The highest BCUT2D eigenvalue weighted by atomic mass is 16.5. The molecule has 6 heteroatoms. The van der Waals surface area contributed by atoms with E-state index in [4.69, 9.17) is 14.6 Å². The highest BCUT2D eigenvalue weighted by Gasteiger charge is 2.58. The van der Waals surface area contributed by atoms with Gasteiger partial charge in [-0.15, -0.1) is 0 Å². The van der Waals surface area contributed by atoms with Crippen molar-refractivity contribution >= 4 is 5.97 Å². The van der Waals surface area contributed by atoms with Crippen molar-refractivity contribution in [2.24, 2.45) is 11.8 Å². The number of methoxy groups -OCH3 is 1. The summed E-state index contributed by atoms with van der Waals surface area (Å²) >= 11 is 0. The van der Waals surface area contributed by atoms with Gasteiger partial charge in [0.1, 0.15) is 18.5 Å². The Morgan fingerprint density at radius 1 is 1.38 bits per heavy atom. The lowest BCUT2D eigenvalue weighted by molar-refractivity contribution is -0.139. The molecule has 2 fully saturated rings. The fraction of sp³-hybridized carbons (Fsp3) is 0.522. The summed E-state index contributed by atoms with van der Waals surface area (Å²) < 4.78 is 11.4. The lowest BCUT2D eigenvalue weighted by Gasteiger charge is -2.57. The summed E-state index contributed by atoms with van der Waals surface area (Å²) in [4.78, 5) is 10.8. The molecule has 2 saturated carbocycles. The molecule has 0 unspecified atom stereocenters. The van der Waals surface area contributed by atoms with Crippen LogP contribution in [0.1, 0.15) is 32.1 Å². The Bertz CT molecular complexity index is 793. The van der Waals surface area contributed by atoms with Crippen molar-refractivity contribution in [2.45, 2.75) is 49.9 Å². The van der Waals surface area contributed by atoms with Crippen molar-refractivity contribution in [1.29, 1.82) is 0 Å². The summed E-state index contributed by atoms with van der Waals surface area (Å²) in [6.45, 7) is 0.0558. The normalized spacial score (nSPS) is 30.4. The topological polar surface area (TPSA) is 96.2 Å². The maximum Gasteiger partial charge on any atom is 0.303 e. The van der Waals surface area contributed by atoms with Gasteiger partial charge in [-0.3, -0.25) is 4.79 Å². The first-order valence-corrected chi connectivity index (χ1v) is 9.98. The molecule has 2 aliphatic rings. The molecule has 0 amide bonds. The Morgan fingerprint density at radius 3 is 2.83 bits per heavy atom. The minimum atomic E-state index is -0.952. The van der Waals surface area contributed by atoms with Gasteiger partial charge in [0.2, 0.25) is 0 Å². The molecule has 156 valence electrons. The van der Waals surface area contributed by atoms with Gasteiger partial charge in [0.05, 0.1) is 17.6 Å². The van der Waals surface area contributed by atoms with Crippen molar-refractivity contribution in [1.82, 2.24) is 0 Å². The number of hydrogen-bond donors (Lipinski definition) is 3. The molecular formula is C23H28O6. The van der Waals surface area contributed by atoms with Gasteiger partial charge < -0.3 is 24.8 Å². The lowest BCUT2D eigenvalue weighted by Crippen LogP contribution is -2.59. The van der Waals surface area contributed by atoms with Crippen molar-refractivity contribution in [3.63, 3.8) is 0 Å². The van der Waals surface area contributed by atoms with Gasteiger partial charge in [-0.1, -0.05) is 36.1 Å². The number of para-hydroxylation sites is 1. The number of ether oxygens (including phenoxy) is 2. The van der Waals surface area contributed by atoms with Crippen LogP contribution in [0, 0.1) is 23.7 Å². The molecule has 6 nitrogen and oxygen atoms in total. The van der Waals surface area contributed by atoms with Crippen LogP contribution in [0.3, 0.4) is 0 Å². The van der Waals surface area contributed by atoms with E-state index in [-0.39, 0.29) is 24.9 Å². The molecule has 0 bridgehead atoms. The fourth-order valence-corrected chi connectivity index (χ4v) is 4.39. The van der Waals surface area contributed by atoms with Gasteiger partial charge in [0.25, 0.3) is 0 Å². The van der Waals surface area contributed by atoms with Crippen LogP contribution >= 0.6 is 0 Å². The third kappa shape index (κ3) is 4.81. The highest BCUT2D eigenvalue weighted by molar-refractivity contribution is 5.66. The van der Waals surface area contributed by atoms with E-state index in [2.05, 4.69) is 11.8 Å². The first-order chi connectivity index (χ1) is 14.0. The number of rotatable bonds is 7. The molecular weight excluding hydrogens is 372 g/mol. The highest BCUT2D eigenvalue weighted by Crippen LogP contribution is 2.56. The molecule has 1 aromatic rings. The van der Waals surface area contributed by atoms with Gasteiger partial charge in [0.15, 0.2) is 0 Å². The number of hydrogen-bond acceptors (Lipinski definition) is 5. The summed E-state index contributed by atoms with van der Waals surface area (Å²) in [6, 6.07) is 9.22. The third-order valence-corrected chi connectivity index (χ3v) is 5.92. The molecule has 3 N–H and O–H groups in total. The molecule has 3 rings (SSSR count). The van der Waals surface area contributed by atoms with Gasteiger partial charge in [-0.05, 0) is 43.4 Å². The summed E-state index contributed by atoms with van der Waals surface area (Å²) in [5.74, 6) is 5.46. The number of aliphatic carboxylic acids is 1. The number of carboxylic acids is 1. The minimum Gasteiger partial charge on any atom is -0.490 e. The second-order valence-corrected chi connectivity index (χ2v) is 7.63. The van der Waals surface area contributed by atoms with E-state index >= 15 is 0 Å². The number of allylic oxidation sites excluding steroid dienone is 1. The number of aliphatic hydroxyl groups excluding tert-OH is 2. The molecule has 0 heterocycles. The molecule has 5 atom stereocenters. The Morgan fingerprint density at radius 2 is 2.14 bits per heavy atom. The zero-order valence-corrected chi connectivity index (χ0v) is 16.6. The number of fused-ring (bicyclic) bond motifs is 1. The van der Waals surface area contributed by atoms with Crippen molar-refractivity contribution < 1.29 is 29.6 Å². The number of benzene rings is 1. The number of aliphatic hydroxyl groups is 2. The van der Waals surface area contributed by atoms with Crippen LogP contribution in [-0.4, -0.2) is 52.8 Å².